The van der Waals surface area contributed by atoms with Crippen molar-refractivity contribution in [1.29, 1.82) is 5.26 Å². The molecule has 1 atom stereocenters. The minimum Gasteiger partial charge on any atom is -0.309 e. The molecule has 2 N–H and O–H groups in total. The van der Waals surface area contributed by atoms with E-state index in [0.29, 0.717) is 12.6 Å². The van der Waals surface area contributed by atoms with Crippen LogP contribution in [0.2, 0.25) is 0 Å². The van der Waals surface area contributed by atoms with Crippen LogP contribution in [0, 0.1) is 11.3 Å². The molecule has 0 bridgehead atoms. The predicted octanol–water partition coefficient (Wildman–Crippen LogP) is 1.85. The highest BCUT2D eigenvalue weighted by Crippen LogP contribution is 2.29. The molecule has 0 saturated heterocycles. The van der Waals surface area contributed by atoms with Crippen LogP contribution in [-0.2, 0) is 5.54 Å². The lowest BCUT2D eigenvalue weighted by molar-refractivity contribution is 0.235. The second-order valence-electron chi connectivity index (χ2n) is 4.74. The molecule has 17 heavy (non-hydrogen) atoms. The average Bonchev–Trinajstić information content (AvgIpc) is 3.21. The SMILES string of the molecule is CCN(CC(N)(C#N)c1ccccc1)C1CC1. The quantitative estimate of drug-likeness (QED) is 0.838. The summed E-state index contributed by atoms with van der Waals surface area (Å²) >= 11 is 0. The molecule has 1 aliphatic rings. The average molecular weight is 229 g/mol. The van der Waals surface area contributed by atoms with E-state index in [4.69, 9.17) is 5.73 Å². The molecule has 1 aromatic carbocycles. The number of likely N-dealkylation sites (N-methyl/N-ethyl adjacent to an activating group) is 1. The Hall–Kier alpha value is -1.37. The number of nitrogens with two attached hydrogens (primary N) is 1. The third-order valence-corrected chi connectivity index (χ3v) is 3.41. The molecule has 3 heteroatoms. The second kappa shape index (κ2) is 4.87. The number of nitriles is 1. The minimum atomic E-state index is -0.889. The normalized spacial score (nSPS) is 18.7. The maximum absolute atomic E-state index is 9.38. The predicted molar refractivity (Wildman–Crippen MR) is 68.2 cm³/mol. The van der Waals surface area contributed by atoms with Crippen molar-refractivity contribution in [3.8, 4) is 6.07 Å². The van der Waals surface area contributed by atoms with E-state index >= 15 is 0 Å². The lowest BCUT2D eigenvalue weighted by Gasteiger charge is -2.30. The molecule has 1 fully saturated rings. The first kappa shape index (κ1) is 12.1. The zero-order chi connectivity index (χ0) is 12.3. The van der Waals surface area contributed by atoms with Gasteiger partial charge in [0.1, 0.15) is 5.54 Å². The van der Waals surface area contributed by atoms with Gasteiger partial charge in [-0.15, -0.1) is 0 Å². The van der Waals surface area contributed by atoms with Crippen LogP contribution >= 0.6 is 0 Å². The van der Waals surface area contributed by atoms with Crippen LogP contribution in [0.15, 0.2) is 30.3 Å². The minimum absolute atomic E-state index is 0.620. The van der Waals surface area contributed by atoms with Gasteiger partial charge in [0.05, 0.1) is 6.07 Å². The molecule has 1 aliphatic carbocycles. The third kappa shape index (κ3) is 2.66. The molecule has 3 nitrogen and oxygen atoms in total. The fourth-order valence-corrected chi connectivity index (χ4v) is 2.19. The summed E-state index contributed by atoms with van der Waals surface area (Å²) in [4.78, 5) is 2.32. The molecule has 2 rings (SSSR count). The summed E-state index contributed by atoms with van der Waals surface area (Å²) in [6.45, 7) is 3.70. The van der Waals surface area contributed by atoms with E-state index in [1.54, 1.807) is 0 Å². The van der Waals surface area contributed by atoms with Gasteiger partial charge in [-0.1, -0.05) is 37.3 Å². The van der Waals surface area contributed by atoms with E-state index in [-0.39, 0.29) is 0 Å². The molecule has 90 valence electrons. The van der Waals surface area contributed by atoms with E-state index in [2.05, 4.69) is 17.9 Å². The first-order valence-corrected chi connectivity index (χ1v) is 6.19. The molecule has 0 heterocycles. The summed E-state index contributed by atoms with van der Waals surface area (Å²) in [5.74, 6) is 0. The van der Waals surface area contributed by atoms with E-state index in [9.17, 15) is 5.26 Å². The van der Waals surface area contributed by atoms with Gasteiger partial charge in [-0.05, 0) is 24.9 Å². The lowest BCUT2D eigenvalue weighted by Crippen LogP contribution is -2.47. The summed E-state index contributed by atoms with van der Waals surface area (Å²) in [6.07, 6.45) is 2.48. The molecule has 1 aromatic rings. The van der Waals surface area contributed by atoms with Gasteiger partial charge in [-0.3, -0.25) is 4.90 Å². The monoisotopic (exact) mass is 229 g/mol. The van der Waals surface area contributed by atoms with Crippen molar-refractivity contribution < 1.29 is 0 Å². The van der Waals surface area contributed by atoms with Gasteiger partial charge in [0.15, 0.2) is 0 Å². The highest BCUT2D eigenvalue weighted by molar-refractivity contribution is 5.31. The lowest BCUT2D eigenvalue weighted by atomic mass is 9.92. The zero-order valence-electron chi connectivity index (χ0n) is 10.3. The first-order valence-electron chi connectivity index (χ1n) is 6.19. The summed E-state index contributed by atoms with van der Waals surface area (Å²) in [7, 11) is 0. The van der Waals surface area contributed by atoms with Crippen LogP contribution in [0.5, 0.6) is 0 Å². The Morgan fingerprint density at radius 1 is 1.41 bits per heavy atom. The van der Waals surface area contributed by atoms with Gasteiger partial charge < -0.3 is 5.73 Å². The van der Waals surface area contributed by atoms with Gasteiger partial charge in [0.2, 0.25) is 0 Å². The van der Waals surface area contributed by atoms with Crippen molar-refractivity contribution in [3.05, 3.63) is 35.9 Å². The molecule has 0 radical (unpaired) electrons. The fourth-order valence-electron chi connectivity index (χ4n) is 2.19. The molecule has 1 unspecified atom stereocenters. The fraction of sp³-hybridized carbons (Fsp3) is 0.500. The number of hydrogen-bond acceptors (Lipinski definition) is 3. The Kier molecular flexibility index (Phi) is 3.46. The Balaban J connectivity index is 2.17. The van der Waals surface area contributed by atoms with E-state index in [1.165, 1.54) is 12.8 Å². The van der Waals surface area contributed by atoms with Crippen LogP contribution in [-0.4, -0.2) is 24.0 Å². The first-order chi connectivity index (χ1) is 8.19. The van der Waals surface area contributed by atoms with Gasteiger partial charge >= 0.3 is 0 Å². The molecule has 0 spiro atoms. The molecule has 0 aromatic heterocycles. The molecular weight excluding hydrogens is 210 g/mol. The van der Waals surface area contributed by atoms with Crippen molar-refractivity contribution in [2.45, 2.75) is 31.3 Å². The Labute approximate surface area is 103 Å². The van der Waals surface area contributed by atoms with Crippen LogP contribution in [0.4, 0.5) is 0 Å². The third-order valence-electron chi connectivity index (χ3n) is 3.41. The number of benzene rings is 1. The highest BCUT2D eigenvalue weighted by Gasteiger charge is 2.35. The highest BCUT2D eigenvalue weighted by atomic mass is 15.2. The van der Waals surface area contributed by atoms with Gasteiger partial charge in [0.25, 0.3) is 0 Å². The van der Waals surface area contributed by atoms with Gasteiger partial charge in [-0.2, -0.15) is 5.26 Å². The summed E-state index contributed by atoms with van der Waals surface area (Å²) in [5.41, 5.74) is 6.27. The second-order valence-corrected chi connectivity index (χ2v) is 4.74. The molecule has 0 aliphatic heterocycles. The van der Waals surface area contributed by atoms with Crippen LogP contribution in [0.1, 0.15) is 25.3 Å². The summed E-state index contributed by atoms with van der Waals surface area (Å²) in [5, 5.41) is 9.38. The molecule has 1 saturated carbocycles. The van der Waals surface area contributed by atoms with Crippen molar-refractivity contribution in [2.24, 2.45) is 5.73 Å². The van der Waals surface area contributed by atoms with Crippen molar-refractivity contribution in [2.75, 3.05) is 13.1 Å². The molecule has 0 amide bonds. The largest absolute Gasteiger partial charge is 0.309 e. The summed E-state index contributed by atoms with van der Waals surface area (Å²) in [6, 6.07) is 12.6. The van der Waals surface area contributed by atoms with E-state index in [0.717, 1.165) is 12.1 Å². The molecular formula is C14H19N3. The van der Waals surface area contributed by atoms with Crippen LogP contribution < -0.4 is 5.73 Å². The van der Waals surface area contributed by atoms with Crippen molar-refractivity contribution in [3.63, 3.8) is 0 Å². The summed E-state index contributed by atoms with van der Waals surface area (Å²) < 4.78 is 0. The number of hydrogen-bond donors (Lipinski definition) is 1. The maximum atomic E-state index is 9.38. The standard InChI is InChI=1S/C14H19N3/c1-2-17(13-8-9-13)11-14(16,10-15)12-6-4-3-5-7-12/h3-7,13H,2,8-9,11,16H2,1H3. The van der Waals surface area contributed by atoms with E-state index in [1.807, 2.05) is 30.3 Å². The van der Waals surface area contributed by atoms with Crippen LogP contribution in [0.25, 0.3) is 0 Å². The van der Waals surface area contributed by atoms with Crippen molar-refractivity contribution in [1.82, 2.24) is 4.90 Å². The smallest absolute Gasteiger partial charge is 0.142 e. The van der Waals surface area contributed by atoms with Gasteiger partial charge in [-0.25, -0.2) is 0 Å². The number of nitrogens with zero attached hydrogens (tertiary/aromatic N) is 2. The number of rotatable bonds is 5. The van der Waals surface area contributed by atoms with E-state index < -0.39 is 5.54 Å². The zero-order valence-corrected chi connectivity index (χ0v) is 10.3. The Morgan fingerprint density at radius 3 is 2.53 bits per heavy atom. The Morgan fingerprint density at radius 2 is 2.06 bits per heavy atom. The van der Waals surface area contributed by atoms with Crippen molar-refractivity contribution >= 4 is 0 Å². The van der Waals surface area contributed by atoms with Gasteiger partial charge in [0, 0.05) is 12.6 Å². The Bertz CT molecular complexity index is 405. The van der Waals surface area contributed by atoms with Crippen LogP contribution in [0.3, 0.4) is 0 Å². The topological polar surface area (TPSA) is 53.0 Å². The maximum Gasteiger partial charge on any atom is 0.142 e.